The van der Waals surface area contributed by atoms with Gasteiger partial charge in [0.15, 0.2) is 0 Å². The van der Waals surface area contributed by atoms with Crippen molar-refractivity contribution in [2.24, 2.45) is 11.1 Å². The lowest BCUT2D eigenvalue weighted by Crippen LogP contribution is -2.45. The first-order valence-electron chi connectivity index (χ1n) is 5.76. The SMILES string of the molecule is NC(=S)C1(C(=O)NC2CCCCC2)CC1. The molecule has 0 bridgehead atoms. The van der Waals surface area contributed by atoms with Crippen LogP contribution in [-0.2, 0) is 4.79 Å². The predicted molar refractivity (Wildman–Crippen MR) is 63.5 cm³/mol. The Morgan fingerprint density at radius 3 is 2.33 bits per heavy atom. The number of rotatable bonds is 3. The third kappa shape index (κ3) is 2.14. The number of amides is 1. The average molecular weight is 226 g/mol. The fraction of sp³-hybridized carbons (Fsp3) is 0.818. The first kappa shape index (κ1) is 10.9. The molecule has 0 atom stereocenters. The second-order valence-corrected chi connectivity index (χ2v) is 5.19. The maximum absolute atomic E-state index is 12.0. The number of carbonyl (C=O) groups is 1. The van der Waals surface area contributed by atoms with Gasteiger partial charge in [0.25, 0.3) is 0 Å². The maximum atomic E-state index is 12.0. The molecule has 0 aliphatic heterocycles. The van der Waals surface area contributed by atoms with Crippen LogP contribution in [0, 0.1) is 5.41 Å². The van der Waals surface area contributed by atoms with E-state index in [-0.39, 0.29) is 5.91 Å². The molecule has 2 rings (SSSR count). The molecule has 0 aromatic heterocycles. The van der Waals surface area contributed by atoms with Crippen LogP contribution in [0.25, 0.3) is 0 Å². The Balaban J connectivity index is 1.89. The monoisotopic (exact) mass is 226 g/mol. The Morgan fingerprint density at radius 2 is 1.87 bits per heavy atom. The summed E-state index contributed by atoms with van der Waals surface area (Å²) in [7, 11) is 0. The van der Waals surface area contributed by atoms with Gasteiger partial charge in [0.2, 0.25) is 5.91 Å². The van der Waals surface area contributed by atoms with Crippen LogP contribution < -0.4 is 11.1 Å². The summed E-state index contributed by atoms with van der Waals surface area (Å²) in [6, 6.07) is 0.359. The highest BCUT2D eigenvalue weighted by atomic mass is 32.1. The molecular weight excluding hydrogens is 208 g/mol. The van der Waals surface area contributed by atoms with E-state index >= 15 is 0 Å². The number of nitrogens with one attached hydrogen (secondary N) is 1. The molecule has 4 heteroatoms. The van der Waals surface area contributed by atoms with E-state index in [4.69, 9.17) is 18.0 Å². The quantitative estimate of drug-likeness (QED) is 0.717. The second-order valence-electron chi connectivity index (χ2n) is 4.75. The Hall–Kier alpha value is -0.640. The number of thiocarbonyl (C=S) groups is 1. The van der Waals surface area contributed by atoms with Crippen molar-refractivity contribution in [3.05, 3.63) is 0 Å². The molecule has 0 aromatic rings. The van der Waals surface area contributed by atoms with E-state index in [1.807, 2.05) is 0 Å². The van der Waals surface area contributed by atoms with Crippen LogP contribution in [0.15, 0.2) is 0 Å². The molecule has 1 amide bonds. The number of hydrogen-bond acceptors (Lipinski definition) is 2. The largest absolute Gasteiger partial charge is 0.392 e. The van der Waals surface area contributed by atoms with Gasteiger partial charge in [-0.05, 0) is 25.7 Å². The van der Waals surface area contributed by atoms with Crippen LogP contribution >= 0.6 is 12.2 Å². The van der Waals surface area contributed by atoms with Crippen LogP contribution in [0.2, 0.25) is 0 Å². The smallest absolute Gasteiger partial charge is 0.233 e. The van der Waals surface area contributed by atoms with E-state index < -0.39 is 5.41 Å². The van der Waals surface area contributed by atoms with Crippen molar-refractivity contribution < 1.29 is 4.79 Å². The molecule has 0 spiro atoms. The van der Waals surface area contributed by atoms with Gasteiger partial charge in [-0.2, -0.15) is 0 Å². The Bertz CT molecular complexity index is 280. The van der Waals surface area contributed by atoms with Crippen molar-refractivity contribution in [3.63, 3.8) is 0 Å². The average Bonchev–Trinajstić information content (AvgIpc) is 2.99. The minimum absolute atomic E-state index is 0.0712. The minimum Gasteiger partial charge on any atom is -0.392 e. The fourth-order valence-corrected chi connectivity index (χ4v) is 2.58. The van der Waals surface area contributed by atoms with Crippen LogP contribution in [-0.4, -0.2) is 16.9 Å². The standard InChI is InChI=1S/C11H18N2OS/c12-9(15)11(6-7-11)10(14)13-8-4-2-1-3-5-8/h8H,1-7H2,(H2,12,15)(H,13,14). The van der Waals surface area contributed by atoms with E-state index in [0.717, 1.165) is 25.7 Å². The summed E-state index contributed by atoms with van der Waals surface area (Å²) < 4.78 is 0. The highest BCUT2D eigenvalue weighted by Gasteiger charge is 2.53. The van der Waals surface area contributed by atoms with E-state index in [1.165, 1.54) is 19.3 Å². The van der Waals surface area contributed by atoms with Gasteiger partial charge in [0.1, 0.15) is 0 Å². The highest BCUT2D eigenvalue weighted by molar-refractivity contribution is 7.80. The Kier molecular flexibility index (Phi) is 2.96. The van der Waals surface area contributed by atoms with E-state index in [0.29, 0.717) is 11.0 Å². The highest BCUT2D eigenvalue weighted by Crippen LogP contribution is 2.46. The van der Waals surface area contributed by atoms with E-state index in [1.54, 1.807) is 0 Å². The summed E-state index contributed by atoms with van der Waals surface area (Å²) in [5.41, 5.74) is 5.13. The number of carbonyl (C=O) groups excluding carboxylic acids is 1. The molecule has 0 radical (unpaired) electrons. The van der Waals surface area contributed by atoms with Gasteiger partial charge >= 0.3 is 0 Å². The first-order chi connectivity index (χ1) is 7.15. The Morgan fingerprint density at radius 1 is 1.27 bits per heavy atom. The summed E-state index contributed by atoms with van der Waals surface area (Å²) in [5.74, 6) is 0.0712. The molecule has 3 N–H and O–H groups in total. The third-order valence-corrected chi connectivity index (χ3v) is 3.99. The van der Waals surface area contributed by atoms with Crippen molar-refractivity contribution in [2.45, 2.75) is 51.0 Å². The zero-order chi connectivity index (χ0) is 10.9. The molecule has 0 unspecified atom stereocenters. The molecule has 0 aromatic carbocycles. The molecule has 2 aliphatic rings. The van der Waals surface area contributed by atoms with Crippen LogP contribution in [0.4, 0.5) is 0 Å². The first-order valence-corrected chi connectivity index (χ1v) is 6.17. The van der Waals surface area contributed by atoms with Crippen LogP contribution in [0.5, 0.6) is 0 Å². The van der Waals surface area contributed by atoms with Crippen molar-refractivity contribution in [3.8, 4) is 0 Å². The molecule has 15 heavy (non-hydrogen) atoms. The van der Waals surface area contributed by atoms with E-state index in [2.05, 4.69) is 5.32 Å². The van der Waals surface area contributed by atoms with Crippen LogP contribution in [0.3, 0.4) is 0 Å². The summed E-state index contributed by atoms with van der Waals surface area (Å²) in [6.07, 6.45) is 7.64. The van der Waals surface area contributed by atoms with Gasteiger partial charge in [-0.15, -0.1) is 0 Å². The predicted octanol–water partition coefficient (Wildman–Crippen LogP) is 1.50. The van der Waals surface area contributed by atoms with Gasteiger partial charge < -0.3 is 11.1 Å². The molecule has 84 valence electrons. The van der Waals surface area contributed by atoms with Gasteiger partial charge in [0.05, 0.1) is 10.4 Å². The lowest BCUT2D eigenvalue weighted by atomic mass is 9.94. The fourth-order valence-electron chi connectivity index (χ4n) is 2.28. The molecular formula is C11H18N2OS. The summed E-state index contributed by atoms with van der Waals surface area (Å²) in [6.45, 7) is 0. The van der Waals surface area contributed by atoms with Crippen molar-refractivity contribution in [1.29, 1.82) is 0 Å². The molecule has 0 heterocycles. The number of hydrogen-bond donors (Lipinski definition) is 2. The summed E-state index contributed by atoms with van der Waals surface area (Å²) in [4.78, 5) is 12.3. The zero-order valence-electron chi connectivity index (χ0n) is 8.92. The normalized spacial score (nSPS) is 24.5. The maximum Gasteiger partial charge on any atom is 0.233 e. The topological polar surface area (TPSA) is 55.1 Å². The van der Waals surface area contributed by atoms with Gasteiger partial charge in [-0.25, -0.2) is 0 Å². The molecule has 0 saturated heterocycles. The van der Waals surface area contributed by atoms with Gasteiger partial charge in [-0.3, -0.25) is 4.79 Å². The minimum atomic E-state index is -0.479. The zero-order valence-corrected chi connectivity index (χ0v) is 9.74. The van der Waals surface area contributed by atoms with Crippen molar-refractivity contribution in [2.75, 3.05) is 0 Å². The molecule has 2 fully saturated rings. The summed E-state index contributed by atoms with van der Waals surface area (Å²) >= 11 is 4.96. The van der Waals surface area contributed by atoms with Crippen LogP contribution in [0.1, 0.15) is 44.9 Å². The lowest BCUT2D eigenvalue weighted by molar-refractivity contribution is -0.124. The van der Waals surface area contributed by atoms with Gasteiger partial charge in [-0.1, -0.05) is 31.5 Å². The third-order valence-electron chi connectivity index (χ3n) is 3.60. The molecule has 2 aliphatic carbocycles. The van der Waals surface area contributed by atoms with Gasteiger partial charge in [0, 0.05) is 6.04 Å². The molecule has 3 nitrogen and oxygen atoms in total. The number of nitrogens with two attached hydrogens (primary N) is 1. The Labute approximate surface area is 95.8 Å². The lowest BCUT2D eigenvalue weighted by Gasteiger charge is -2.25. The summed E-state index contributed by atoms with van der Waals surface area (Å²) in [5, 5.41) is 3.10. The molecule has 2 saturated carbocycles. The second kappa shape index (κ2) is 4.08. The van der Waals surface area contributed by atoms with Crippen molar-refractivity contribution >= 4 is 23.1 Å². The van der Waals surface area contributed by atoms with E-state index in [9.17, 15) is 4.79 Å². The van der Waals surface area contributed by atoms with Crippen molar-refractivity contribution in [1.82, 2.24) is 5.32 Å².